The molecule has 20 heavy (non-hydrogen) atoms. The van der Waals surface area contributed by atoms with Gasteiger partial charge in [-0.15, -0.1) is 0 Å². The molecule has 0 aromatic carbocycles. The fourth-order valence-electron chi connectivity index (χ4n) is 1.98. The third-order valence-electron chi connectivity index (χ3n) is 3.19. The van der Waals surface area contributed by atoms with Crippen LogP contribution in [0.2, 0.25) is 5.15 Å². The second kappa shape index (κ2) is 10.7. The Hall–Kier alpha value is -1.09. The molecule has 0 saturated heterocycles. The van der Waals surface area contributed by atoms with Crippen LogP contribution in [0.4, 0.5) is 0 Å². The molecular weight excluding hydrogens is 274 g/mol. The summed E-state index contributed by atoms with van der Waals surface area (Å²) in [6.45, 7) is 2.71. The number of aromatic nitrogens is 1. The van der Waals surface area contributed by atoms with Crippen LogP contribution in [0, 0.1) is 0 Å². The summed E-state index contributed by atoms with van der Waals surface area (Å²) in [4.78, 5) is 15.5. The molecule has 0 fully saturated rings. The molecule has 1 aromatic rings. The number of ether oxygens (including phenoxy) is 1. The average Bonchev–Trinajstić information content (AvgIpc) is 2.46. The van der Waals surface area contributed by atoms with Crippen LogP contribution in [-0.4, -0.2) is 17.6 Å². The Kier molecular flexibility index (Phi) is 9.05. The van der Waals surface area contributed by atoms with Gasteiger partial charge in [0.1, 0.15) is 5.15 Å². The molecule has 1 rings (SSSR count). The monoisotopic (exact) mass is 297 g/mol. The summed E-state index contributed by atoms with van der Waals surface area (Å²) in [6.07, 6.45) is 11.3. The van der Waals surface area contributed by atoms with Gasteiger partial charge < -0.3 is 4.74 Å². The molecule has 0 aliphatic heterocycles. The molecule has 0 aliphatic carbocycles. The van der Waals surface area contributed by atoms with E-state index in [-0.39, 0.29) is 5.97 Å². The zero-order chi connectivity index (χ0) is 14.6. The highest BCUT2D eigenvalue weighted by atomic mass is 35.5. The van der Waals surface area contributed by atoms with Crippen LogP contribution in [-0.2, 0) is 4.74 Å². The van der Waals surface area contributed by atoms with Crippen molar-refractivity contribution in [3.8, 4) is 0 Å². The summed E-state index contributed by atoms with van der Waals surface area (Å²) in [6, 6.07) is 3.22. The van der Waals surface area contributed by atoms with Gasteiger partial charge in [-0.25, -0.2) is 9.78 Å². The van der Waals surface area contributed by atoms with Crippen molar-refractivity contribution in [2.24, 2.45) is 0 Å². The van der Waals surface area contributed by atoms with Crippen molar-refractivity contribution in [3.63, 3.8) is 0 Å². The highest BCUT2D eigenvalue weighted by Crippen LogP contribution is 2.09. The normalized spacial score (nSPS) is 10.5. The van der Waals surface area contributed by atoms with Crippen LogP contribution in [0.5, 0.6) is 0 Å². The summed E-state index contributed by atoms with van der Waals surface area (Å²) >= 11 is 5.66. The molecule has 0 bridgehead atoms. The lowest BCUT2D eigenvalue weighted by molar-refractivity contribution is 0.0497. The molecule has 1 aromatic heterocycles. The van der Waals surface area contributed by atoms with E-state index in [9.17, 15) is 4.79 Å². The molecular formula is C16H24ClNO2. The summed E-state index contributed by atoms with van der Waals surface area (Å²) in [5.41, 5.74) is 0.453. The van der Waals surface area contributed by atoms with Gasteiger partial charge in [0.05, 0.1) is 12.2 Å². The number of carbonyl (C=O) groups excluding carboxylic acids is 1. The molecule has 0 saturated carbocycles. The van der Waals surface area contributed by atoms with E-state index in [1.54, 1.807) is 12.1 Å². The molecule has 1 heterocycles. The average molecular weight is 298 g/mol. The number of hydrogen-bond acceptors (Lipinski definition) is 3. The highest BCUT2D eigenvalue weighted by Gasteiger charge is 2.06. The zero-order valence-corrected chi connectivity index (χ0v) is 13.0. The summed E-state index contributed by atoms with van der Waals surface area (Å²) in [5.74, 6) is -0.322. The van der Waals surface area contributed by atoms with Gasteiger partial charge in [-0.2, -0.15) is 0 Å². The number of rotatable bonds is 10. The van der Waals surface area contributed by atoms with Crippen molar-refractivity contribution in [3.05, 3.63) is 29.0 Å². The number of halogens is 1. The Morgan fingerprint density at radius 3 is 2.35 bits per heavy atom. The Labute approximate surface area is 126 Å². The fourth-order valence-corrected chi connectivity index (χ4v) is 2.09. The summed E-state index contributed by atoms with van der Waals surface area (Å²) in [5, 5.41) is 0.379. The Balaban J connectivity index is 2.01. The van der Waals surface area contributed by atoms with E-state index in [2.05, 4.69) is 11.9 Å². The first kappa shape index (κ1) is 17.0. The molecule has 0 unspecified atom stereocenters. The van der Waals surface area contributed by atoms with Crippen LogP contribution < -0.4 is 0 Å². The van der Waals surface area contributed by atoms with Crippen LogP contribution in [0.1, 0.15) is 68.6 Å². The lowest BCUT2D eigenvalue weighted by Gasteiger charge is -2.05. The van der Waals surface area contributed by atoms with E-state index in [0.717, 1.165) is 12.8 Å². The minimum atomic E-state index is -0.322. The minimum absolute atomic E-state index is 0.322. The Morgan fingerprint density at radius 2 is 1.75 bits per heavy atom. The lowest BCUT2D eigenvalue weighted by Crippen LogP contribution is -2.06. The number of esters is 1. The third kappa shape index (κ3) is 7.49. The van der Waals surface area contributed by atoms with E-state index in [1.165, 1.54) is 44.7 Å². The van der Waals surface area contributed by atoms with Gasteiger partial charge in [0.15, 0.2) is 0 Å². The van der Waals surface area contributed by atoms with Crippen LogP contribution >= 0.6 is 11.6 Å². The molecule has 0 amide bonds. The van der Waals surface area contributed by atoms with Crippen molar-refractivity contribution < 1.29 is 9.53 Å². The SMILES string of the molecule is CCCCCCCCCCOC(=O)c1ccc(Cl)nc1. The predicted molar refractivity (Wildman–Crippen MR) is 82.1 cm³/mol. The molecule has 0 radical (unpaired) electrons. The lowest BCUT2D eigenvalue weighted by atomic mass is 10.1. The standard InChI is InChI=1S/C16H24ClNO2/c1-2-3-4-5-6-7-8-9-12-20-16(19)14-10-11-15(17)18-13-14/h10-11,13H,2-9,12H2,1H3. The largest absolute Gasteiger partial charge is 0.462 e. The topological polar surface area (TPSA) is 39.2 Å². The van der Waals surface area contributed by atoms with Gasteiger partial charge in [0, 0.05) is 6.20 Å². The first-order valence-corrected chi connectivity index (χ1v) is 7.90. The van der Waals surface area contributed by atoms with Gasteiger partial charge in [0.2, 0.25) is 0 Å². The maximum absolute atomic E-state index is 11.7. The molecule has 4 heteroatoms. The first-order chi connectivity index (χ1) is 9.74. The highest BCUT2D eigenvalue weighted by molar-refractivity contribution is 6.29. The maximum Gasteiger partial charge on any atom is 0.339 e. The number of carbonyl (C=O) groups is 1. The fraction of sp³-hybridized carbons (Fsp3) is 0.625. The van der Waals surface area contributed by atoms with Crippen molar-refractivity contribution in [2.75, 3.05) is 6.61 Å². The molecule has 0 spiro atoms. The molecule has 3 nitrogen and oxygen atoms in total. The van der Waals surface area contributed by atoms with Crippen molar-refractivity contribution >= 4 is 17.6 Å². The van der Waals surface area contributed by atoms with Gasteiger partial charge >= 0.3 is 5.97 Å². The van der Waals surface area contributed by atoms with E-state index >= 15 is 0 Å². The molecule has 0 N–H and O–H groups in total. The number of unbranched alkanes of at least 4 members (excludes halogenated alkanes) is 7. The van der Waals surface area contributed by atoms with Gasteiger partial charge in [-0.3, -0.25) is 0 Å². The van der Waals surface area contributed by atoms with E-state index < -0.39 is 0 Å². The molecule has 0 atom stereocenters. The minimum Gasteiger partial charge on any atom is -0.462 e. The Morgan fingerprint density at radius 1 is 1.10 bits per heavy atom. The third-order valence-corrected chi connectivity index (χ3v) is 3.42. The van der Waals surface area contributed by atoms with Crippen molar-refractivity contribution in [1.29, 1.82) is 0 Å². The quantitative estimate of drug-likeness (QED) is 0.345. The second-order valence-electron chi connectivity index (χ2n) is 4.98. The van der Waals surface area contributed by atoms with Crippen molar-refractivity contribution in [2.45, 2.75) is 58.3 Å². The first-order valence-electron chi connectivity index (χ1n) is 7.52. The van der Waals surface area contributed by atoms with E-state index in [1.807, 2.05) is 0 Å². The second-order valence-corrected chi connectivity index (χ2v) is 5.37. The Bertz CT molecular complexity index is 379. The van der Waals surface area contributed by atoms with Gasteiger partial charge in [-0.05, 0) is 18.6 Å². The smallest absolute Gasteiger partial charge is 0.339 e. The van der Waals surface area contributed by atoms with E-state index in [0.29, 0.717) is 17.3 Å². The van der Waals surface area contributed by atoms with Crippen LogP contribution in [0.25, 0.3) is 0 Å². The van der Waals surface area contributed by atoms with Gasteiger partial charge in [-0.1, -0.05) is 63.5 Å². The van der Waals surface area contributed by atoms with E-state index in [4.69, 9.17) is 16.3 Å². The van der Waals surface area contributed by atoms with Crippen LogP contribution in [0.3, 0.4) is 0 Å². The van der Waals surface area contributed by atoms with Crippen molar-refractivity contribution in [1.82, 2.24) is 4.98 Å². The van der Waals surface area contributed by atoms with Crippen LogP contribution in [0.15, 0.2) is 18.3 Å². The van der Waals surface area contributed by atoms with Gasteiger partial charge in [0.25, 0.3) is 0 Å². The molecule has 0 aliphatic rings. The number of hydrogen-bond donors (Lipinski definition) is 0. The molecule has 112 valence electrons. The summed E-state index contributed by atoms with van der Waals surface area (Å²) < 4.78 is 5.19. The predicted octanol–water partition coefficient (Wildman–Crippen LogP) is 5.03. The number of nitrogens with zero attached hydrogens (tertiary/aromatic N) is 1. The zero-order valence-electron chi connectivity index (χ0n) is 12.2. The maximum atomic E-state index is 11.7. The summed E-state index contributed by atoms with van der Waals surface area (Å²) in [7, 11) is 0. The number of pyridine rings is 1.